The molecule has 0 bridgehead atoms. The van der Waals surface area contributed by atoms with Gasteiger partial charge in [0.2, 0.25) is 11.8 Å². The lowest BCUT2D eigenvalue weighted by Crippen LogP contribution is -2.49. The number of benzene rings is 2. The van der Waals surface area contributed by atoms with Crippen LogP contribution in [0.15, 0.2) is 47.4 Å². The molecule has 0 saturated carbocycles. The van der Waals surface area contributed by atoms with Crippen molar-refractivity contribution in [2.24, 2.45) is 5.73 Å². The summed E-state index contributed by atoms with van der Waals surface area (Å²) >= 11 is 1.39. The minimum atomic E-state index is -0.665. The number of ether oxygens (including phenoxy) is 1. The zero-order valence-corrected chi connectivity index (χ0v) is 15.3. The maximum atomic E-state index is 13.1. The fraction of sp³-hybridized carbons (Fsp3) is 0.263. The summed E-state index contributed by atoms with van der Waals surface area (Å²) in [4.78, 5) is 27.9. The van der Waals surface area contributed by atoms with Crippen LogP contribution in [0, 0.1) is 6.92 Å². The van der Waals surface area contributed by atoms with Gasteiger partial charge in [0.25, 0.3) is 0 Å². The lowest BCUT2D eigenvalue weighted by atomic mass is 10.0. The van der Waals surface area contributed by atoms with Gasteiger partial charge in [-0.1, -0.05) is 29.8 Å². The topological polar surface area (TPSA) is 75.9 Å². The van der Waals surface area contributed by atoms with Gasteiger partial charge >= 0.3 is 0 Å². The molecule has 2 N–H and O–H groups in total. The Bertz CT molecular complexity index is 901. The number of carbonyl (C=O) groups excluding carboxylic acids is 2. The second-order valence-corrected chi connectivity index (χ2v) is 7.53. The highest BCUT2D eigenvalue weighted by Crippen LogP contribution is 2.47. The van der Waals surface area contributed by atoms with Gasteiger partial charge in [0.15, 0.2) is 0 Å². The monoisotopic (exact) mass is 369 g/mol. The van der Waals surface area contributed by atoms with Gasteiger partial charge in [0.05, 0.1) is 5.69 Å². The van der Waals surface area contributed by atoms with Crippen molar-refractivity contribution in [3.8, 4) is 5.75 Å². The number of nitrogens with two attached hydrogens (primary N) is 1. The van der Waals surface area contributed by atoms with Crippen LogP contribution in [0.5, 0.6) is 5.75 Å². The van der Waals surface area contributed by atoms with E-state index in [-0.39, 0.29) is 12.5 Å². The molecule has 26 heavy (non-hydrogen) atoms. The molecule has 0 saturated heterocycles. The zero-order chi connectivity index (χ0) is 18.4. The summed E-state index contributed by atoms with van der Waals surface area (Å²) in [5, 5.41) is 0. The number of amides is 2. The van der Waals surface area contributed by atoms with Crippen molar-refractivity contribution in [3.63, 3.8) is 0 Å². The van der Waals surface area contributed by atoms with Crippen molar-refractivity contribution in [3.05, 3.63) is 53.6 Å². The lowest BCUT2D eigenvalue weighted by molar-refractivity contribution is -0.126. The molecule has 0 fully saturated rings. The second-order valence-electron chi connectivity index (χ2n) is 6.49. The van der Waals surface area contributed by atoms with Gasteiger partial charge in [-0.15, -0.1) is 0 Å². The SMILES string of the molecule is Cc1ccc2c(c1)[C@@H](C(N)=O)N(C1COc3ccccc3N(C)C1=O)S2. The number of primary amides is 1. The molecule has 2 amide bonds. The van der Waals surface area contributed by atoms with Gasteiger partial charge in [-0.2, -0.15) is 0 Å². The minimum absolute atomic E-state index is 0.127. The number of nitrogens with zero attached hydrogens (tertiary/aromatic N) is 2. The first-order valence-electron chi connectivity index (χ1n) is 8.33. The van der Waals surface area contributed by atoms with Gasteiger partial charge in [-0.25, -0.2) is 4.31 Å². The van der Waals surface area contributed by atoms with E-state index in [1.54, 1.807) is 16.3 Å². The highest BCUT2D eigenvalue weighted by Gasteiger charge is 2.44. The van der Waals surface area contributed by atoms with E-state index in [2.05, 4.69) is 0 Å². The van der Waals surface area contributed by atoms with Gasteiger partial charge in [-0.05, 0) is 42.6 Å². The normalized spacial score (nSPS) is 22.4. The molecule has 0 spiro atoms. The average Bonchev–Trinajstić information content (AvgIpc) is 2.94. The Balaban J connectivity index is 1.71. The van der Waals surface area contributed by atoms with E-state index in [1.807, 2.05) is 49.4 Å². The van der Waals surface area contributed by atoms with E-state index in [1.165, 1.54) is 11.9 Å². The number of carbonyl (C=O) groups is 2. The van der Waals surface area contributed by atoms with Crippen LogP contribution in [0.3, 0.4) is 0 Å². The van der Waals surface area contributed by atoms with E-state index in [9.17, 15) is 9.59 Å². The third-order valence-electron chi connectivity index (χ3n) is 4.73. The van der Waals surface area contributed by atoms with Gasteiger partial charge in [0.1, 0.15) is 24.4 Å². The van der Waals surface area contributed by atoms with Crippen molar-refractivity contribution in [1.29, 1.82) is 0 Å². The number of fused-ring (bicyclic) bond motifs is 2. The summed E-state index contributed by atoms with van der Waals surface area (Å²) in [6.07, 6.45) is 0. The molecular formula is C19H19N3O3S. The number of hydrogen-bond acceptors (Lipinski definition) is 5. The second kappa shape index (κ2) is 6.34. The Morgan fingerprint density at radius 3 is 2.81 bits per heavy atom. The largest absolute Gasteiger partial charge is 0.489 e. The van der Waals surface area contributed by atoms with Crippen molar-refractivity contribution in [2.45, 2.75) is 23.9 Å². The Hall–Kier alpha value is -2.51. The van der Waals surface area contributed by atoms with Crippen molar-refractivity contribution in [1.82, 2.24) is 4.31 Å². The summed E-state index contributed by atoms with van der Waals surface area (Å²) in [5.41, 5.74) is 8.31. The molecule has 0 aromatic heterocycles. The molecule has 7 heteroatoms. The first kappa shape index (κ1) is 16.9. The first-order valence-corrected chi connectivity index (χ1v) is 9.10. The standard InChI is InChI=1S/C19H19N3O3S/c1-11-7-8-16-12(9-11)17(18(20)23)22(26-16)14-10-25-15-6-4-3-5-13(15)21(2)19(14)24/h3-9,14,17H,10H2,1-2H3,(H2,20,23)/t14?,17-/m0/s1. The number of anilines is 1. The summed E-state index contributed by atoms with van der Waals surface area (Å²) < 4.78 is 7.67. The highest BCUT2D eigenvalue weighted by atomic mass is 32.2. The summed E-state index contributed by atoms with van der Waals surface area (Å²) in [6.45, 7) is 2.12. The van der Waals surface area contributed by atoms with Crippen molar-refractivity contribution >= 4 is 29.4 Å². The lowest BCUT2D eigenvalue weighted by Gasteiger charge is -2.29. The third-order valence-corrected chi connectivity index (χ3v) is 5.98. The Labute approximate surface area is 156 Å². The number of hydrogen-bond donors (Lipinski definition) is 1. The molecule has 2 heterocycles. The predicted octanol–water partition coefficient (Wildman–Crippen LogP) is 2.27. The maximum Gasteiger partial charge on any atom is 0.248 e. The smallest absolute Gasteiger partial charge is 0.248 e. The molecule has 134 valence electrons. The summed E-state index contributed by atoms with van der Waals surface area (Å²) in [6, 6.07) is 12.0. The minimum Gasteiger partial charge on any atom is -0.489 e. The van der Waals surface area contributed by atoms with Crippen LogP contribution in [0.2, 0.25) is 0 Å². The highest BCUT2D eigenvalue weighted by molar-refractivity contribution is 7.97. The molecule has 6 nitrogen and oxygen atoms in total. The van der Waals surface area contributed by atoms with Crippen LogP contribution in [0.25, 0.3) is 0 Å². The molecule has 2 aromatic rings. The van der Waals surface area contributed by atoms with E-state index >= 15 is 0 Å². The van der Waals surface area contributed by atoms with Gasteiger partial charge in [-0.3, -0.25) is 9.59 Å². The van der Waals surface area contributed by atoms with Crippen LogP contribution in [-0.2, 0) is 9.59 Å². The van der Waals surface area contributed by atoms with Crippen LogP contribution >= 0.6 is 11.9 Å². The molecule has 2 aromatic carbocycles. The fourth-order valence-corrected chi connectivity index (χ4v) is 4.64. The Morgan fingerprint density at radius 2 is 2.04 bits per heavy atom. The number of likely N-dealkylation sites (N-methyl/N-ethyl adjacent to an activating group) is 1. The summed E-state index contributed by atoms with van der Waals surface area (Å²) in [7, 11) is 1.72. The van der Waals surface area contributed by atoms with Gasteiger partial charge in [0, 0.05) is 11.9 Å². The molecule has 2 aliphatic rings. The van der Waals surface area contributed by atoms with E-state index in [0.29, 0.717) is 11.4 Å². The van der Waals surface area contributed by atoms with E-state index in [0.717, 1.165) is 16.0 Å². The Morgan fingerprint density at radius 1 is 1.27 bits per heavy atom. The molecule has 0 radical (unpaired) electrons. The van der Waals surface area contributed by atoms with Crippen LogP contribution in [-0.4, -0.2) is 35.8 Å². The van der Waals surface area contributed by atoms with Gasteiger partial charge < -0.3 is 15.4 Å². The molecule has 1 unspecified atom stereocenters. The predicted molar refractivity (Wildman–Crippen MR) is 99.9 cm³/mol. The molecular weight excluding hydrogens is 350 g/mol. The Kier molecular flexibility index (Phi) is 4.13. The number of aryl methyl sites for hydroxylation is 1. The number of rotatable bonds is 2. The van der Waals surface area contributed by atoms with Crippen LogP contribution in [0.1, 0.15) is 17.2 Å². The van der Waals surface area contributed by atoms with Crippen LogP contribution in [0.4, 0.5) is 5.69 Å². The van der Waals surface area contributed by atoms with Crippen molar-refractivity contribution < 1.29 is 14.3 Å². The maximum absolute atomic E-state index is 13.1. The van der Waals surface area contributed by atoms with E-state index < -0.39 is 18.0 Å². The molecule has 4 rings (SSSR count). The quantitative estimate of drug-likeness (QED) is 0.822. The summed E-state index contributed by atoms with van der Waals surface area (Å²) in [5.74, 6) is 0.0522. The molecule has 0 aliphatic carbocycles. The third kappa shape index (κ3) is 2.64. The van der Waals surface area contributed by atoms with Crippen LogP contribution < -0.4 is 15.4 Å². The zero-order valence-electron chi connectivity index (χ0n) is 14.5. The molecule has 2 aliphatic heterocycles. The number of para-hydroxylation sites is 2. The molecule has 2 atom stereocenters. The van der Waals surface area contributed by atoms with Crippen molar-refractivity contribution in [2.75, 3.05) is 18.6 Å². The van der Waals surface area contributed by atoms with E-state index in [4.69, 9.17) is 10.5 Å². The average molecular weight is 369 g/mol. The first-order chi connectivity index (χ1) is 12.5. The fourth-order valence-electron chi connectivity index (χ4n) is 3.41.